The van der Waals surface area contributed by atoms with E-state index >= 15 is 0 Å². The van der Waals surface area contributed by atoms with Gasteiger partial charge in [-0.25, -0.2) is 4.39 Å². The molecule has 0 fully saturated rings. The van der Waals surface area contributed by atoms with Crippen molar-refractivity contribution in [2.45, 2.75) is 20.8 Å². The van der Waals surface area contributed by atoms with Gasteiger partial charge in [-0.2, -0.15) is 0 Å². The minimum absolute atomic E-state index is 0.101. The first-order valence-electron chi connectivity index (χ1n) is 8.94. The lowest BCUT2D eigenvalue weighted by molar-refractivity contribution is -0.116. The molecule has 0 aliphatic carbocycles. The number of nitrogens with zero attached hydrogens (tertiary/aromatic N) is 2. The maximum Gasteiger partial charge on any atom is 0.254 e. The summed E-state index contributed by atoms with van der Waals surface area (Å²) in [5.41, 5.74) is 4.21. The fourth-order valence-electron chi connectivity index (χ4n) is 3.08. The summed E-state index contributed by atoms with van der Waals surface area (Å²) < 4.78 is 13.5. The lowest BCUT2D eigenvalue weighted by Crippen LogP contribution is -2.35. The molecule has 1 N–H and O–H groups in total. The van der Waals surface area contributed by atoms with Crippen LogP contribution in [0.3, 0.4) is 0 Å². The molecule has 0 aliphatic rings. The van der Waals surface area contributed by atoms with Crippen molar-refractivity contribution in [3.63, 3.8) is 0 Å². The molecule has 0 spiro atoms. The van der Waals surface area contributed by atoms with Crippen LogP contribution in [0.1, 0.15) is 27.2 Å². The lowest BCUT2D eigenvalue weighted by atomic mass is 10.1. The van der Waals surface area contributed by atoms with E-state index in [1.165, 1.54) is 23.1 Å². The SMILES string of the molecule is Cc1cc(C(=O)N(C)CC(=O)Nc2cccc(C)c2C)c2ccc(F)cc2n1. The van der Waals surface area contributed by atoms with E-state index in [4.69, 9.17) is 0 Å². The van der Waals surface area contributed by atoms with Crippen molar-refractivity contribution >= 4 is 28.4 Å². The number of rotatable bonds is 4. The Morgan fingerprint density at radius 2 is 1.86 bits per heavy atom. The molecule has 0 aliphatic heterocycles. The van der Waals surface area contributed by atoms with Gasteiger partial charge in [-0.3, -0.25) is 14.6 Å². The van der Waals surface area contributed by atoms with Crippen LogP contribution in [0.4, 0.5) is 10.1 Å². The molecule has 5 nitrogen and oxygen atoms in total. The molecular weight excluding hydrogens is 357 g/mol. The van der Waals surface area contributed by atoms with Crippen molar-refractivity contribution in [1.29, 1.82) is 0 Å². The third kappa shape index (κ3) is 4.01. The number of likely N-dealkylation sites (N-methyl/N-ethyl adjacent to an activating group) is 1. The second kappa shape index (κ2) is 7.76. The van der Waals surface area contributed by atoms with Gasteiger partial charge in [-0.05, 0) is 56.2 Å². The van der Waals surface area contributed by atoms with E-state index in [9.17, 15) is 14.0 Å². The molecule has 1 aromatic heterocycles. The summed E-state index contributed by atoms with van der Waals surface area (Å²) >= 11 is 0. The van der Waals surface area contributed by atoms with Crippen LogP contribution in [-0.2, 0) is 4.79 Å². The van der Waals surface area contributed by atoms with Gasteiger partial charge in [0.05, 0.1) is 17.6 Å². The van der Waals surface area contributed by atoms with E-state index in [-0.39, 0.29) is 18.4 Å². The van der Waals surface area contributed by atoms with E-state index in [0.717, 1.165) is 16.8 Å². The topological polar surface area (TPSA) is 62.3 Å². The van der Waals surface area contributed by atoms with Crippen molar-refractivity contribution in [1.82, 2.24) is 9.88 Å². The zero-order valence-corrected chi connectivity index (χ0v) is 16.3. The number of amides is 2. The zero-order chi connectivity index (χ0) is 20.4. The highest BCUT2D eigenvalue weighted by Gasteiger charge is 2.19. The van der Waals surface area contributed by atoms with Gasteiger partial charge < -0.3 is 10.2 Å². The molecule has 3 rings (SSSR count). The molecule has 0 atom stereocenters. The Morgan fingerprint density at radius 1 is 1.11 bits per heavy atom. The Labute approximate surface area is 163 Å². The van der Waals surface area contributed by atoms with Crippen molar-refractivity contribution in [2.24, 2.45) is 0 Å². The Morgan fingerprint density at radius 3 is 2.61 bits per heavy atom. The van der Waals surface area contributed by atoms with Crippen LogP contribution in [0.15, 0.2) is 42.5 Å². The van der Waals surface area contributed by atoms with E-state index in [2.05, 4.69) is 10.3 Å². The predicted molar refractivity (Wildman–Crippen MR) is 108 cm³/mol. The van der Waals surface area contributed by atoms with Gasteiger partial charge in [0.15, 0.2) is 0 Å². The van der Waals surface area contributed by atoms with Crippen LogP contribution in [0.5, 0.6) is 0 Å². The number of fused-ring (bicyclic) bond motifs is 1. The zero-order valence-electron chi connectivity index (χ0n) is 16.3. The number of carbonyl (C=O) groups is 2. The van der Waals surface area contributed by atoms with E-state index in [1.54, 1.807) is 20.0 Å². The fraction of sp³-hybridized carbons (Fsp3) is 0.227. The summed E-state index contributed by atoms with van der Waals surface area (Å²) in [5, 5.41) is 3.40. The first-order chi connectivity index (χ1) is 13.3. The van der Waals surface area contributed by atoms with Gasteiger partial charge in [-0.1, -0.05) is 12.1 Å². The number of anilines is 1. The minimum atomic E-state index is -0.412. The van der Waals surface area contributed by atoms with Crippen LogP contribution in [-0.4, -0.2) is 35.3 Å². The fourth-order valence-corrected chi connectivity index (χ4v) is 3.08. The van der Waals surface area contributed by atoms with Crippen LogP contribution < -0.4 is 5.32 Å². The van der Waals surface area contributed by atoms with Crippen LogP contribution in [0, 0.1) is 26.6 Å². The lowest BCUT2D eigenvalue weighted by Gasteiger charge is -2.19. The third-order valence-electron chi connectivity index (χ3n) is 4.74. The van der Waals surface area contributed by atoms with E-state index < -0.39 is 5.82 Å². The monoisotopic (exact) mass is 379 g/mol. The Kier molecular flexibility index (Phi) is 5.40. The summed E-state index contributed by atoms with van der Waals surface area (Å²) in [7, 11) is 1.57. The average molecular weight is 379 g/mol. The average Bonchev–Trinajstić information content (AvgIpc) is 2.63. The van der Waals surface area contributed by atoms with Gasteiger partial charge in [0.1, 0.15) is 5.82 Å². The molecule has 2 aromatic carbocycles. The number of aromatic nitrogens is 1. The predicted octanol–water partition coefficient (Wildman–Crippen LogP) is 4.01. The summed E-state index contributed by atoms with van der Waals surface area (Å²) in [4.78, 5) is 31.0. The Bertz CT molecular complexity index is 1070. The molecule has 0 saturated heterocycles. The number of benzene rings is 2. The molecule has 3 aromatic rings. The minimum Gasteiger partial charge on any atom is -0.332 e. The smallest absolute Gasteiger partial charge is 0.254 e. The van der Waals surface area contributed by atoms with Gasteiger partial charge in [0.25, 0.3) is 5.91 Å². The van der Waals surface area contributed by atoms with Crippen molar-refractivity contribution in [3.8, 4) is 0 Å². The standard InChI is InChI=1S/C22H22FN3O2/c1-13-6-5-7-19(15(13)3)25-21(27)12-26(4)22(28)18-10-14(2)24-20-11-16(23)8-9-17(18)20/h5-11H,12H2,1-4H3,(H,25,27). The number of carbonyl (C=O) groups excluding carboxylic acids is 2. The highest BCUT2D eigenvalue weighted by molar-refractivity contribution is 6.07. The number of pyridine rings is 1. The summed E-state index contributed by atoms with van der Waals surface area (Å²) in [6.45, 7) is 5.55. The molecule has 2 amide bonds. The molecule has 28 heavy (non-hydrogen) atoms. The Balaban J connectivity index is 1.80. The third-order valence-corrected chi connectivity index (χ3v) is 4.74. The second-order valence-electron chi connectivity index (χ2n) is 6.93. The molecule has 0 unspecified atom stereocenters. The van der Waals surface area contributed by atoms with Crippen LogP contribution >= 0.6 is 0 Å². The molecule has 0 radical (unpaired) electrons. The maximum atomic E-state index is 13.5. The molecule has 6 heteroatoms. The number of aryl methyl sites for hydroxylation is 2. The summed E-state index contributed by atoms with van der Waals surface area (Å²) in [6.07, 6.45) is 0. The van der Waals surface area contributed by atoms with E-state index in [1.807, 2.05) is 32.0 Å². The van der Waals surface area contributed by atoms with Gasteiger partial charge >= 0.3 is 0 Å². The van der Waals surface area contributed by atoms with Crippen molar-refractivity contribution in [3.05, 3.63) is 70.7 Å². The van der Waals surface area contributed by atoms with Gasteiger partial charge in [0, 0.05) is 29.9 Å². The summed E-state index contributed by atoms with van der Waals surface area (Å²) in [5.74, 6) is -1.02. The molecule has 0 saturated carbocycles. The first kappa shape index (κ1) is 19.5. The maximum absolute atomic E-state index is 13.5. The summed E-state index contributed by atoms with van der Waals surface area (Å²) in [6, 6.07) is 11.5. The Hall–Kier alpha value is -3.28. The van der Waals surface area contributed by atoms with Crippen LogP contribution in [0.25, 0.3) is 10.9 Å². The number of hydrogen-bond donors (Lipinski definition) is 1. The van der Waals surface area contributed by atoms with Crippen molar-refractivity contribution < 1.29 is 14.0 Å². The number of hydrogen-bond acceptors (Lipinski definition) is 3. The van der Waals surface area contributed by atoms with Crippen molar-refractivity contribution in [2.75, 3.05) is 18.9 Å². The number of halogens is 1. The van der Waals surface area contributed by atoms with Crippen LogP contribution in [0.2, 0.25) is 0 Å². The second-order valence-corrected chi connectivity index (χ2v) is 6.93. The molecular formula is C22H22FN3O2. The highest BCUT2D eigenvalue weighted by Crippen LogP contribution is 2.21. The van der Waals surface area contributed by atoms with Gasteiger partial charge in [0.2, 0.25) is 5.91 Å². The highest BCUT2D eigenvalue weighted by atomic mass is 19.1. The molecule has 144 valence electrons. The normalized spacial score (nSPS) is 10.8. The molecule has 1 heterocycles. The van der Waals surface area contributed by atoms with Gasteiger partial charge in [-0.15, -0.1) is 0 Å². The largest absolute Gasteiger partial charge is 0.332 e. The van der Waals surface area contributed by atoms with E-state index in [0.29, 0.717) is 22.2 Å². The quantitative estimate of drug-likeness (QED) is 0.745. The molecule has 0 bridgehead atoms. The number of nitrogens with one attached hydrogen (secondary N) is 1. The first-order valence-corrected chi connectivity index (χ1v) is 8.94.